The van der Waals surface area contributed by atoms with Gasteiger partial charge in [-0.1, -0.05) is 86.1 Å². The summed E-state index contributed by atoms with van der Waals surface area (Å²) in [5.41, 5.74) is 19.5. The first-order valence-corrected chi connectivity index (χ1v) is 32.3. The molecule has 14 aliphatic rings. The number of carbonyl (C=O) groups excluding carboxylic acids is 1. The number of carbonyl (C=O) groups is 2. The molecule has 12 saturated carbocycles. The van der Waals surface area contributed by atoms with E-state index in [1.165, 1.54) is 25.7 Å². The average molecular weight is 1200 g/mol. The Labute approximate surface area is 518 Å². The van der Waals surface area contributed by atoms with Crippen LogP contribution in [0.15, 0.2) is 0 Å². The van der Waals surface area contributed by atoms with Crippen LogP contribution in [-0.4, -0.2) is 116 Å². The number of hydrogen-bond donors (Lipinski definition) is 8. The molecular formula is C71H133N3O11. The van der Waals surface area contributed by atoms with Crippen LogP contribution in [-0.2, 0) is 28.5 Å². The number of aliphatic hydroxyl groups excluding tert-OH is 4. The lowest BCUT2D eigenvalue weighted by molar-refractivity contribution is -0.217. The summed E-state index contributed by atoms with van der Waals surface area (Å²) in [6, 6.07) is 0.757. The number of Topliss-reactive ketones (excluding diaryl/α,β-unsaturated/α-hetero) is 1. The van der Waals surface area contributed by atoms with Gasteiger partial charge in [-0.25, -0.2) is 0 Å². The standard InChI is InChI=1S/C22H37NO3.C22H35NO3.C19H33NO3.C2H4O2.6CH4/c2*1-20(2)25-18-15-11-12(23)7-9-21(15,3)14-8-10-22(4)13(5-6-16(22)24)17(14)19(18)26-20;1-18-7-5-10(20)9-13(18)16(22)17(23)15-11-3-4-14(21)19(11,2)8-6-12(15)18;1-2(3)4;;;;;;/h12-19,24H,5-11,23H2,1-4H3;12-15,17-19H,5-11,23H2,1-4H3;10-17,21-23H,3-9,20H2,1-2H3;1H3,(H,3,4);6*1H4/t12-,13?,14?,15?,16+,17?,18-,19-,21-,22+;12-,13?,14?,15?,17?,18-,19-,21-,22+;10-,11?,12?,13?,14+,15?,16-,17-,18-,19+;;;;;;;/m111......./s1. The van der Waals surface area contributed by atoms with Gasteiger partial charge in [-0.15, -0.1) is 0 Å². The summed E-state index contributed by atoms with van der Waals surface area (Å²) in [6.45, 7) is 23.5. The van der Waals surface area contributed by atoms with Gasteiger partial charge in [0.25, 0.3) is 5.97 Å². The van der Waals surface area contributed by atoms with E-state index in [0.717, 1.165) is 116 Å². The Hall–Kier alpha value is -1.30. The van der Waals surface area contributed by atoms with Gasteiger partial charge >= 0.3 is 0 Å². The van der Waals surface area contributed by atoms with Crippen LogP contribution in [0.25, 0.3) is 0 Å². The molecule has 14 rings (SSSR count). The van der Waals surface area contributed by atoms with Gasteiger partial charge in [0, 0.05) is 36.9 Å². The lowest BCUT2D eigenvalue weighted by Gasteiger charge is -2.63. The second kappa shape index (κ2) is 25.7. The maximum Gasteiger partial charge on any atom is 0.300 e. The van der Waals surface area contributed by atoms with E-state index in [2.05, 4.69) is 69.2 Å². The first-order valence-electron chi connectivity index (χ1n) is 32.3. The molecule has 0 amide bonds. The van der Waals surface area contributed by atoms with Crippen molar-refractivity contribution in [1.82, 2.24) is 0 Å². The van der Waals surface area contributed by atoms with Gasteiger partial charge < -0.3 is 61.7 Å². The molecular weight excluding hydrogens is 1070 g/mol. The van der Waals surface area contributed by atoms with Crippen molar-refractivity contribution in [3.63, 3.8) is 0 Å². The van der Waals surface area contributed by atoms with Crippen LogP contribution < -0.4 is 17.2 Å². The summed E-state index contributed by atoms with van der Waals surface area (Å²) in [5, 5.41) is 50.6. The van der Waals surface area contributed by atoms with Crippen LogP contribution in [0.2, 0.25) is 0 Å². The van der Waals surface area contributed by atoms with E-state index in [9.17, 15) is 25.2 Å². The number of aliphatic hydroxyl groups is 4. The van der Waals surface area contributed by atoms with E-state index in [1.807, 2.05) is 0 Å². The molecule has 0 aromatic rings. The van der Waals surface area contributed by atoms with E-state index in [4.69, 9.17) is 46.0 Å². The zero-order chi connectivity index (χ0) is 57.1. The molecule has 0 bridgehead atoms. The summed E-state index contributed by atoms with van der Waals surface area (Å²) in [5.74, 6) is 4.03. The number of fused-ring (bicyclic) bond motifs is 21. The Morgan fingerprint density at radius 2 is 0.718 bits per heavy atom. The third-order valence-electron chi connectivity index (χ3n) is 27.6. The quantitative estimate of drug-likeness (QED) is 0.112. The Kier molecular flexibility index (Phi) is 22.5. The predicted octanol–water partition coefficient (Wildman–Crippen LogP) is 12.7. The molecule has 498 valence electrons. The maximum atomic E-state index is 12.7. The first-order chi connectivity index (χ1) is 36.8. The molecule has 2 heterocycles. The third kappa shape index (κ3) is 11.8. The predicted molar refractivity (Wildman–Crippen MR) is 342 cm³/mol. The van der Waals surface area contributed by atoms with Gasteiger partial charge in [-0.2, -0.15) is 0 Å². The number of nitrogens with two attached hydrogens (primary N) is 3. The molecule has 14 nitrogen and oxygen atoms in total. The average Bonchev–Trinajstić information content (AvgIpc) is 1.74. The third-order valence-corrected chi connectivity index (χ3v) is 27.6. The number of hydrogen-bond acceptors (Lipinski definition) is 13. The lowest BCUT2D eigenvalue weighted by Crippen LogP contribution is -2.64. The van der Waals surface area contributed by atoms with Gasteiger partial charge in [-0.3, -0.25) is 9.59 Å². The van der Waals surface area contributed by atoms with Crippen molar-refractivity contribution in [2.24, 2.45) is 121 Å². The highest BCUT2D eigenvalue weighted by Gasteiger charge is 2.71. The molecule has 2 saturated heterocycles. The summed E-state index contributed by atoms with van der Waals surface area (Å²) in [7, 11) is 0. The molecule has 11 N–H and O–H groups in total. The highest BCUT2D eigenvalue weighted by Crippen LogP contribution is 2.71. The molecule has 14 fully saturated rings. The number of carboxylic acids is 1. The zero-order valence-electron chi connectivity index (χ0n) is 50.5. The minimum atomic E-state index is -0.833. The van der Waals surface area contributed by atoms with Crippen LogP contribution in [0.1, 0.15) is 256 Å². The smallest absolute Gasteiger partial charge is 0.300 e. The summed E-state index contributed by atoms with van der Waals surface area (Å²) < 4.78 is 26.2. The van der Waals surface area contributed by atoms with Gasteiger partial charge in [0.2, 0.25) is 0 Å². The molecule has 2 aliphatic heterocycles. The SMILES string of the molecule is C.C.C.C.C.C.CC(=O)O.CC1(C)O[C@@H]2C3C(CC[C@@]4(C)C3CC[C@@H]4O)[C@@]3(C)CC[C@@H](N)CC3[C@H]2O1.CC1(C)O[C@@H]2C3C(CC[C@]4(C)C(=O)CCC34)[C@@]3(C)CC[C@@H](N)CC3[C@H]2O1.C[C@]12CC[C@@H](N)CC1[C@@H](O)[C@H](O)C1C2CC[C@@]2(C)C1CC[C@@H]2O. The second-order valence-electron chi connectivity index (χ2n) is 32.1. The topological polar surface area (TPSA) is 250 Å². The van der Waals surface area contributed by atoms with Crippen molar-refractivity contribution in [2.45, 2.75) is 334 Å². The van der Waals surface area contributed by atoms with Gasteiger partial charge in [0.1, 0.15) is 5.78 Å². The second-order valence-corrected chi connectivity index (χ2v) is 32.1. The maximum absolute atomic E-state index is 12.7. The van der Waals surface area contributed by atoms with Crippen LogP contribution in [0, 0.1) is 104 Å². The fraction of sp³-hybridized carbons (Fsp3) is 0.972. The van der Waals surface area contributed by atoms with Gasteiger partial charge in [-0.05, 0) is 254 Å². The van der Waals surface area contributed by atoms with E-state index < -0.39 is 29.8 Å². The molecule has 12 aliphatic carbocycles. The van der Waals surface area contributed by atoms with Crippen molar-refractivity contribution in [2.75, 3.05) is 0 Å². The van der Waals surface area contributed by atoms with Crippen LogP contribution in [0.4, 0.5) is 0 Å². The number of carboxylic acid groups (broad SMARTS) is 1. The molecule has 0 spiro atoms. The number of rotatable bonds is 0. The summed E-state index contributed by atoms with van der Waals surface area (Å²) in [6.07, 6.45) is 21.1. The molecule has 29 atom stereocenters. The van der Waals surface area contributed by atoms with Crippen LogP contribution in [0.5, 0.6) is 0 Å². The van der Waals surface area contributed by atoms with Gasteiger partial charge in [0.15, 0.2) is 11.6 Å². The monoisotopic (exact) mass is 1200 g/mol. The van der Waals surface area contributed by atoms with Crippen molar-refractivity contribution in [1.29, 1.82) is 0 Å². The van der Waals surface area contributed by atoms with E-state index >= 15 is 0 Å². The fourth-order valence-electron chi connectivity index (χ4n) is 23.4. The number of aliphatic carboxylic acids is 1. The largest absolute Gasteiger partial charge is 0.481 e. The van der Waals surface area contributed by atoms with Crippen molar-refractivity contribution >= 4 is 11.8 Å². The molecule has 85 heavy (non-hydrogen) atoms. The summed E-state index contributed by atoms with van der Waals surface area (Å²) >= 11 is 0. The molecule has 0 aromatic heterocycles. The van der Waals surface area contributed by atoms with E-state index in [-0.39, 0.29) is 126 Å². The minimum absolute atomic E-state index is 0. The zero-order valence-corrected chi connectivity index (χ0v) is 50.5. The molecule has 12 unspecified atom stereocenters. The normalized spacial score (nSPS) is 53.4. The number of ketones is 1. The van der Waals surface area contributed by atoms with Gasteiger partial charge in [0.05, 0.1) is 48.8 Å². The van der Waals surface area contributed by atoms with Crippen molar-refractivity contribution in [3.05, 3.63) is 0 Å². The lowest BCUT2D eigenvalue weighted by atomic mass is 9.43. The highest BCUT2D eigenvalue weighted by molar-refractivity contribution is 5.87. The van der Waals surface area contributed by atoms with Crippen LogP contribution in [0.3, 0.4) is 0 Å². The van der Waals surface area contributed by atoms with E-state index in [0.29, 0.717) is 82.5 Å². The Morgan fingerprint density at radius 1 is 0.400 bits per heavy atom. The number of ether oxygens (including phenoxy) is 4. The van der Waals surface area contributed by atoms with Crippen molar-refractivity contribution < 1.29 is 54.1 Å². The molecule has 0 radical (unpaired) electrons. The highest BCUT2D eigenvalue weighted by atomic mass is 16.8. The Bertz CT molecular complexity index is 2280. The van der Waals surface area contributed by atoms with Crippen LogP contribution >= 0.6 is 0 Å². The minimum Gasteiger partial charge on any atom is -0.481 e. The summed E-state index contributed by atoms with van der Waals surface area (Å²) in [4.78, 5) is 21.7. The Balaban J connectivity index is 0.000000219. The Morgan fingerprint density at radius 3 is 1.14 bits per heavy atom. The fourth-order valence-corrected chi connectivity index (χ4v) is 23.4. The van der Waals surface area contributed by atoms with E-state index in [1.54, 1.807) is 0 Å². The molecule has 14 heteroatoms. The molecule has 0 aromatic carbocycles. The van der Waals surface area contributed by atoms with Crippen molar-refractivity contribution in [3.8, 4) is 0 Å². The first kappa shape index (κ1) is 74.4.